The van der Waals surface area contributed by atoms with Gasteiger partial charge in [0.1, 0.15) is 12.1 Å². The van der Waals surface area contributed by atoms with E-state index < -0.39 is 12.4 Å². The number of alkyl halides is 3. The van der Waals surface area contributed by atoms with Gasteiger partial charge < -0.3 is 10.1 Å². The lowest BCUT2D eigenvalue weighted by atomic mass is 10.0. The number of halogens is 3. The van der Waals surface area contributed by atoms with Crippen LogP contribution in [0, 0.1) is 6.92 Å². The minimum absolute atomic E-state index is 0.110. The molecule has 0 radical (unpaired) electrons. The van der Waals surface area contributed by atoms with E-state index in [1.807, 2.05) is 56.3 Å². The number of aliphatic imine (C=N–C) groups is 1. The average molecular weight is 609 g/mol. The predicted octanol–water partition coefficient (Wildman–Crippen LogP) is 6.09. The number of benzene rings is 3. The number of anilines is 1. The lowest BCUT2D eigenvalue weighted by molar-refractivity contribution is -0.274. The van der Waals surface area contributed by atoms with E-state index in [4.69, 9.17) is 0 Å². The van der Waals surface area contributed by atoms with Crippen LogP contribution in [0.2, 0.25) is 0 Å². The molecule has 0 spiro atoms. The molecule has 1 saturated heterocycles. The fourth-order valence-electron chi connectivity index (χ4n) is 4.62. The number of nitrogens with one attached hydrogen (secondary N) is 1. The Bertz CT molecular complexity index is 1670. The molecule has 2 heterocycles. The molecule has 0 bridgehead atoms. The van der Waals surface area contributed by atoms with Gasteiger partial charge in [-0.15, -0.1) is 18.3 Å². The Labute approximate surface area is 249 Å². The summed E-state index contributed by atoms with van der Waals surface area (Å²) < 4.78 is 42.6. The van der Waals surface area contributed by atoms with Gasteiger partial charge in [0.05, 0.1) is 17.1 Å². The van der Waals surface area contributed by atoms with Crippen molar-refractivity contribution in [3.05, 3.63) is 89.7 Å². The number of amidine groups is 1. The number of carbonyl (C=O) groups is 2. The third kappa shape index (κ3) is 7.23. The molecule has 9 nitrogen and oxygen atoms in total. The van der Waals surface area contributed by atoms with Crippen molar-refractivity contribution < 1.29 is 27.5 Å². The summed E-state index contributed by atoms with van der Waals surface area (Å²) in [6.45, 7) is 4.27. The first-order chi connectivity index (χ1) is 20.6. The molecule has 3 aromatic carbocycles. The second kappa shape index (κ2) is 12.7. The van der Waals surface area contributed by atoms with Gasteiger partial charge >= 0.3 is 12.4 Å². The fraction of sp³-hybridized carbons (Fsp3) is 0.233. The quantitative estimate of drug-likeness (QED) is 0.260. The molecule has 13 heteroatoms. The summed E-state index contributed by atoms with van der Waals surface area (Å²) >= 11 is 1.24. The maximum Gasteiger partial charge on any atom is 0.573 e. The number of carbonyl (C=O) groups excluding carboxylic acids is 2. The molecule has 1 aromatic heterocycles. The van der Waals surface area contributed by atoms with Crippen LogP contribution in [0.3, 0.4) is 0 Å². The number of urea groups is 1. The molecular weight excluding hydrogens is 581 g/mol. The van der Waals surface area contributed by atoms with E-state index in [9.17, 15) is 22.8 Å². The smallest absolute Gasteiger partial charge is 0.406 e. The number of amides is 3. The van der Waals surface area contributed by atoms with Crippen molar-refractivity contribution in [3.8, 4) is 22.8 Å². The number of thioether (sulfide) groups is 1. The second-order valence-electron chi connectivity index (χ2n) is 9.59. The van der Waals surface area contributed by atoms with Crippen LogP contribution in [0.15, 0.2) is 78.0 Å². The fourth-order valence-corrected chi connectivity index (χ4v) is 5.47. The number of hydrogen-bond acceptors (Lipinski definition) is 6. The van der Waals surface area contributed by atoms with E-state index in [0.717, 1.165) is 34.4 Å². The summed E-state index contributed by atoms with van der Waals surface area (Å²) in [5.41, 5.74) is 4.92. The van der Waals surface area contributed by atoms with Crippen LogP contribution in [0.4, 0.5) is 23.7 Å². The van der Waals surface area contributed by atoms with Gasteiger partial charge in [-0.1, -0.05) is 55.1 Å². The molecule has 1 aliphatic rings. The molecule has 5 rings (SSSR count). The second-order valence-corrected chi connectivity index (χ2v) is 10.5. The van der Waals surface area contributed by atoms with Crippen molar-refractivity contribution in [2.75, 3.05) is 17.2 Å². The Morgan fingerprint density at radius 1 is 1.12 bits per heavy atom. The first-order valence-electron chi connectivity index (χ1n) is 13.4. The maximum atomic E-state index is 12.7. The highest BCUT2D eigenvalue weighted by atomic mass is 32.2. The summed E-state index contributed by atoms with van der Waals surface area (Å²) in [6, 6.07) is 18.1. The van der Waals surface area contributed by atoms with Crippen molar-refractivity contribution in [2.24, 2.45) is 4.99 Å². The Hall–Kier alpha value is -4.65. The summed E-state index contributed by atoms with van der Waals surface area (Å²) in [5.74, 6) is 0.213. The average Bonchev–Trinajstić information content (AvgIpc) is 3.60. The largest absolute Gasteiger partial charge is 0.573 e. The molecule has 3 amide bonds. The van der Waals surface area contributed by atoms with E-state index in [2.05, 4.69) is 25.1 Å². The van der Waals surface area contributed by atoms with Crippen LogP contribution in [-0.2, 0) is 17.6 Å². The molecule has 43 heavy (non-hydrogen) atoms. The minimum Gasteiger partial charge on any atom is -0.406 e. The van der Waals surface area contributed by atoms with Gasteiger partial charge in [0.25, 0.3) is 0 Å². The minimum atomic E-state index is -4.76. The molecule has 1 aliphatic heterocycles. The van der Waals surface area contributed by atoms with Crippen LogP contribution in [-0.4, -0.2) is 50.5 Å². The first-order valence-corrected chi connectivity index (χ1v) is 14.4. The standard InChI is InChI=1S/C30H27F3N6O3S/c1-3-21-8-4-6-19(2)26(21)39-25(40)17-43-29(39)36-28(41)34-15-14-20-7-5-9-22(16-20)27-35-18-38(37-27)23-10-12-24(13-11-23)42-30(31,32)33/h4-13,16,18H,3,14-15,17H2,1-2H3,(H,34,41)/b36-29-. The molecule has 0 saturated carbocycles. The van der Waals surface area contributed by atoms with Crippen LogP contribution in [0.5, 0.6) is 5.75 Å². The molecule has 0 unspecified atom stereocenters. The van der Waals surface area contributed by atoms with Gasteiger partial charge in [-0.3, -0.25) is 9.69 Å². The number of nitrogens with zero attached hydrogens (tertiary/aromatic N) is 5. The van der Waals surface area contributed by atoms with Crippen molar-refractivity contribution in [3.63, 3.8) is 0 Å². The highest BCUT2D eigenvalue weighted by Gasteiger charge is 2.33. The zero-order valence-electron chi connectivity index (χ0n) is 23.3. The molecule has 0 aliphatic carbocycles. The number of hydrogen-bond donors (Lipinski definition) is 1. The van der Waals surface area contributed by atoms with Gasteiger partial charge in [-0.05, 0) is 66.8 Å². The topological polar surface area (TPSA) is 102 Å². The highest BCUT2D eigenvalue weighted by Crippen LogP contribution is 2.33. The predicted molar refractivity (Wildman–Crippen MR) is 159 cm³/mol. The summed E-state index contributed by atoms with van der Waals surface area (Å²) in [5, 5.41) is 7.60. The number of aromatic nitrogens is 3. The van der Waals surface area contributed by atoms with Crippen LogP contribution < -0.4 is 15.0 Å². The summed E-state index contributed by atoms with van der Waals surface area (Å²) in [6.07, 6.45) is -2.04. The number of ether oxygens (including phenoxy) is 1. The molecule has 1 N–H and O–H groups in total. The monoisotopic (exact) mass is 608 g/mol. The summed E-state index contributed by atoms with van der Waals surface area (Å²) in [4.78, 5) is 35.5. The number of aryl methyl sites for hydroxylation is 2. The van der Waals surface area contributed by atoms with Crippen molar-refractivity contribution in [1.82, 2.24) is 20.1 Å². The van der Waals surface area contributed by atoms with Gasteiger partial charge in [-0.2, -0.15) is 4.99 Å². The van der Waals surface area contributed by atoms with E-state index in [-0.39, 0.29) is 17.4 Å². The van der Waals surface area contributed by atoms with Crippen LogP contribution >= 0.6 is 11.8 Å². The SMILES string of the molecule is CCc1cccc(C)c1N1C(=O)CS/C1=N\C(=O)NCCc1cccc(-c2ncn(-c3ccc(OC(F)(F)F)cc3)n2)c1. The van der Waals surface area contributed by atoms with E-state index in [1.54, 1.807) is 4.90 Å². The Morgan fingerprint density at radius 3 is 2.63 bits per heavy atom. The maximum absolute atomic E-state index is 12.7. The van der Waals surface area contributed by atoms with Crippen molar-refractivity contribution >= 4 is 34.6 Å². The Kier molecular flexibility index (Phi) is 8.81. The molecule has 222 valence electrons. The molecule has 4 aromatic rings. The van der Waals surface area contributed by atoms with Gasteiger partial charge in [0.2, 0.25) is 5.91 Å². The molecule has 1 fully saturated rings. The highest BCUT2D eigenvalue weighted by molar-refractivity contribution is 8.15. The van der Waals surface area contributed by atoms with Crippen LogP contribution in [0.1, 0.15) is 23.6 Å². The van der Waals surface area contributed by atoms with E-state index in [1.165, 1.54) is 47.0 Å². The van der Waals surface area contributed by atoms with Crippen molar-refractivity contribution in [1.29, 1.82) is 0 Å². The first kappa shape index (κ1) is 29.8. The Morgan fingerprint density at radius 2 is 1.88 bits per heavy atom. The van der Waals surface area contributed by atoms with Gasteiger partial charge in [-0.25, -0.2) is 14.5 Å². The zero-order chi connectivity index (χ0) is 30.6. The molecule has 0 atom stereocenters. The van der Waals surface area contributed by atoms with E-state index in [0.29, 0.717) is 29.6 Å². The summed E-state index contributed by atoms with van der Waals surface area (Å²) in [7, 11) is 0. The number of rotatable bonds is 8. The third-order valence-corrected chi connectivity index (χ3v) is 7.51. The van der Waals surface area contributed by atoms with Crippen molar-refractivity contribution in [2.45, 2.75) is 33.1 Å². The van der Waals surface area contributed by atoms with Gasteiger partial charge in [0.15, 0.2) is 11.0 Å². The van der Waals surface area contributed by atoms with E-state index >= 15 is 0 Å². The zero-order valence-corrected chi connectivity index (χ0v) is 24.1. The lowest BCUT2D eigenvalue weighted by Gasteiger charge is -2.21. The Balaban J connectivity index is 1.21. The normalized spacial score (nSPS) is 14.4. The molecular formula is C30H27F3N6O3S. The number of para-hydroxylation sites is 1. The van der Waals surface area contributed by atoms with Crippen LogP contribution in [0.25, 0.3) is 17.1 Å². The lowest BCUT2D eigenvalue weighted by Crippen LogP contribution is -2.33. The third-order valence-electron chi connectivity index (χ3n) is 6.59. The van der Waals surface area contributed by atoms with Gasteiger partial charge in [0, 0.05) is 12.1 Å².